The molecule has 4 heteroatoms. The minimum atomic E-state index is 0.471. The summed E-state index contributed by atoms with van der Waals surface area (Å²) in [6.07, 6.45) is 0.650. The molecule has 0 radical (unpaired) electrons. The van der Waals surface area contributed by atoms with E-state index in [1.165, 1.54) is 11.1 Å². The molecule has 0 fully saturated rings. The third-order valence-corrected chi connectivity index (χ3v) is 3.35. The molecule has 3 aromatic rings. The van der Waals surface area contributed by atoms with Crippen molar-refractivity contribution in [1.29, 1.82) is 0 Å². The number of nitrogens with zero attached hydrogens (tertiary/aromatic N) is 2. The Labute approximate surface area is 123 Å². The third-order valence-electron chi connectivity index (χ3n) is 3.35. The molecule has 0 saturated carbocycles. The number of nitrogen functional groups attached to an aromatic ring is 1. The second-order valence-corrected chi connectivity index (χ2v) is 5.27. The van der Waals surface area contributed by atoms with Crippen molar-refractivity contribution in [3.05, 3.63) is 65.0 Å². The Hall–Kier alpha value is -2.62. The Balaban J connectivity index is 1.88. The summed E-state index contributed by atoms with van der Waals surface area (Å²) in [5, 5.41) is 4.05. The topological polar surface area (TPSA) is 64.9 Å². The van der Waals surface area contributed by atoms with Gasteiger partial charge in [-0.1, -0.05) is 46.6 Å². The second kappa shape index (κ2) is 5.40. The molecule has 2 aromatic carbocycles. The quantitative estimate of drug-likeness (QED) is 0.745. The van der Waals surface area contributed by atoms with E-state index in [-0.39, 0.29) is 0 Å². The maximum absolute atomic E-state index is 5.98. The van der Waals surface area contributed by atoms with Crippen LogP contribution in [0.1, 0.15) is 22.5 Å². The largest absolute Gasteiger partial charge is 0.398 e. The highest BCUT2D eigenvalue weighted by Crippen LogP contribution is 2.25. The monoisotopic (exact) mass is 279 g/mol. The van der Waals surface area contributed by atoms with E-state index in [2.05, 4.69) is 35.3 Å². The molecule has 1 aromatic heterocycles. The van der Waals surface area contributed by atoms with Crippen molar-refractivity contribution in [3.63, 3.8) is 0 Å². The zero-order valence-corrected chi connectivity index (χ0v) is 12.1. The lowest BCUT2D eigenvalue weighted by molar-refractivity contribution is 0.424. The molecule has 0 aliphatic heterocycles. The highest BCUT2D eigenvalue weighted by molar-refractivity contribution is 5.71. The van der Waals surface area contributed by atoms with Crippen molar-refractivity contribution in [2.24, 2.45) is 0 Å². The smallest absolute Gasteiger partial charge is 0.260 e. The minimum Gasteiger partial charge on any atom is -0.398 e. The standard InChI is InChI=1S/C17H17N3O/c1-11-4-3-5-13(8-11)10-16-19-17(21-20-16)14-9-12(2)6-7-15(14)18/h3-9H,10,18H2,1-2H3. The van der Waals surface area contributed by atoms with Crippen LogP contribution in [0.25, 0.3) is 11.5 Å². The number of hydrogen-bond donors (Lipinski definition) is 1. The summed E-state index contributed by atoms with van der Waals surface area (Å²) in [4.78, 5) is 4.45. The molecule has 2 N–H and O–H groups in total. The molecule has 0 aliphatic rings. The summed E-state index contributed by atoms with van der Waals surface area (Å²) >= 11 is 0. The minimum absolute atomic E-state index is 0.471. The first-order valence-corrected chi connectivity index (χ1v) is 6.86. The van der Waals surface area contributed by atoms with Crippen LogP contribution in [0.4, 0.5) is 5.69 Å². The third kappa shape index (κ3) is 2.94. The summed E-state index contributed by atoms with van der Waals surface area (Å²) in [6, 6.07) is 14.1. The van der Waals surface area contributed by atoms with Gasteiger partial charge in [-0.15, -0.1) is 0 Å². The summed E-state index contributed by atoms with van der Waals surface area (Å²) in [5.74, 6) is 1.13. The van der Waals surface area contributed by atoms with Gasteiger partial charge in [-0.3, -0.25) is 0 Å². The van der Waals surface area contributed by atoms with Crippen molar-refractivity contribution in [3.8, 4) is 11.5 Å². The molecular weight excluding hydrogens is 262 g/mol. The molecule has 0 spiro atoms. The van der Waals surface area contributed by atoms with E-state index in [4.69, 9.17) is 10.3 Å². The van der Waals surface area contributed by atoms with Crippen molar-refractivity contribution in [2.75, 3.05) is 5.73 Å². The maximum atomic E-state index is 5.98. The Bertz CT molecular complexity index is 777. The van der Waals surface area contributed by atoms with E-state index in [9.17, 15) is 0 Å². The Morgan fingerprint density at radius 3 is 2.67 bits per heavy atom. The predicted octanol–water partition coefficient (Wildman–Crippen LogP) is 3.53. The van der Waals surface area contributed by atoms with Gasteiger partial charge in [0.25, 0.3) is 5.89 Å². The number of aryl methyl sites for hydroxylation is 2. The van der Waals surface area contributed by atoms with E-state index in [0.717, 1.165) is 11.1 Å². The molecular formula is C17H17N3O. The lowest BCUT2D eigenvalue weighted by Crippen LogP contribution is -1.93. The van der Waals surface area contributed by atoms with Crippen molar-refractivity contribution < 1.29 is 4.52 Å². The zero-order chi connectivity index (χ0) is 14.8. The van der Waals surface area contributed by atoms with Crippen LogP contribution in [0.3, 0.4) is 0 Å². The summed E-state index contributed by atoms with van der Waals surface area (Å²) in [6.45, 7) is 4.07. The zero-order valence-electron chi connectivity index (χ0n) is 12.1. The van der Waals surface area contributed by atoms with E-state index in [1.807, 2.05) is 31.2 Å². The lowest BCUT2D eigenvalue weighted by atomic mass is 10.1. The lowest BCUT2D eigenvalue weighted by Gasteiger charge is -2.01. The molecule has 0 bridgehead atoms. The van der Waals surface area contributed by atoms with Gasteiger partial charge in [0.1, 0.15) is 0 Å². The molecule has 3 rings (SSSR count). The first-order chi connectivity index (χ1) is 10.1. The van der Waals surface area contributed by atoms with E-state index in [1.54, 1.807) is 0 Å². The summed E-state index contributed by atoms with van der Waals surface area (Å²) in [7, 11) is 0. The van der Waals surface area contributed by atoms with Gasteiger partial charge >= 0.3 is 0 Å². The van der Waals surface area contributed by atoms with Crippen molar-refractivity contribution in [2.45, 2.75) is 20.3 Å². The van der Waals surface area contributed by atoms with Crippen LogP contribution in [-0.2, 0) is 6.42 Å². The SMILES string of the molecule is Cc1cccc(Cc2noc(-c3cc(C)ccc3N)n2)c1. The van der Waals surface area contributed by atoms with Gasteiger partial charge in [-0.25, -0.2) is 0 Å². The number of nitrogens with two attached hydrogens (primary N) is 1. The molecule has 0 unspecified atom stereocenters. The summed E-state index contributed by atoms with van der Waals surface area (Å²) < 4.78 is 5.35. The fraction of sp³-hybridized carbons (Fsp3) is 0.176. The van der Waals surface area contributed by atoms with Gasteiger partial charge in [0.2, 0.25) is 0 Å². The second-order valence-electron chi connectivity index (χ2n) is 5.27. The van der Waals surface area contributed by atoms with Gasteiger partial charge in [0, 0.05) is 12.1 Å². The number of rotatable bonds is 3. The molecule has 1 heterocycles. The first kappa shape index (κ1) is 13.4. The maximum Gasteiger partial charge on any atom is 0.260 e. The van der Waals surface area contributed by atoms with Crippen LogP contribution in [0.5, 0.6) is 0 Å². The molecule has 0 atom stereocenters. The predicted molar refractivity (Wildman–Crippen MR) is 82.9 cm³/mol. The van der Waals surface area contributed by atoms with E-state index < -0.39 is 0 Å². The molecule has 21 heavy (non-hydrogen) atoms. The number of anilines is 1. The number of hydrogen-bond acceptors (Lipinski definition) is 4. The average molecular weight is 279 g/mol. The Morgan fingerprint density at radius 1 is 1.05 bits per heavy atom. The van der Waals surface area contributed by atoms with Crippen LogP contribution in [0, 0.1) is 13.8 Å². The number of aromatic nitrogens is 2. The molecule has 106 valence electrons. The fourth-order valence-electron chi connectivity index (χ4n) is 2.30. The van der Waals surface area contributed by atoms with E-state index >= 15 is 0 Å². The van der Waals surface area contributed by atoms with E-state index in [0.29, 0.717) is 23.8 Å². The van der Waals surface area contributed by atoms with Gasteiger partial charge in [-0.05, 0) is 31.5 Å². The fourth-order valence-corrected chi connectivity index (χ4v) is 2.30. The van der Waals surface area contributed by atoms with Crippen molar-refractivity contribution in [1.82, 2.24) is 10.1 Å². The Kier molecular flexibility index (Phi) is 3.44. The van der Waals surface area contributed by atoms with Crippen LogP contribution >= 0.6 is 0 Å². The molecule has 4 nitrogen and oxygen atoms in total. The van der Waals surface area contributed by atoms with Crippen LogP contribution < -0.4 is 5.73 Å². The van der Waals surface area contributed by atoms with Gasteiger partial charge in [-0.2, -0.15) is 4.98 Å². The van der Waals surface area contributed by atoms with Crippen LogP contribution in [0.15, 0.2) is 47.0 Å². The van der Waals surface area contributed by atoms with Crippen LogP contribution in [0.2, 0.25) is 0 Å². The highest BCUT2D eigenvalue weighted by Gasteiger charge is 2.12. The molecule has 0 saturated heterocycles. The highest BCUT2D eigenvalue weighted by atomic mass is 16.5. The van der Waals surface area contributed by atoms with Crippen molar-refractivity contribution >= 4 is 5.69 Å². The van der Waals surface area contributed by atoms with Gasteiger partial charge < -0.3 is 10.3 Å². The normalized spacial score (nSPS) is 10.8. The Morgan fingerprint density at radius 2 is 1.86 bits per heavy atom. The number of benzene rings is 2. The van der Waals surface area contributed by atoms with Crippen LogP contribution in [-0.4, -0.2) is 10.1 Å². The van der Waals surface area contributed by atoms with Gasteiger partial charge in [0.05, 0.1) is 5.56 Å². The molecule has 0 amide bonds. The molecule has 0 aliphatic carbocycles. The summed E-state index contributed by atoms with van der Waals surface area (Å²) in [5.41, 5.74) is 10.9. The first-order valence-electron chi connectivity index (χ1n) is 6.86. The van der Waals surface area contributed by atoms with Gasteiger partial charge in [0.15, 0.2) is 5.82 Å². The average Bonchev–Trinajstić information content (AvgIpc) is 2.90.